The molecule has 0 saturated heterocycles. The van der Waals surface area contributed by atoms with E-state index in [1.54, 1.807) is 0 Å². The van der Waals surface area contributed by atoms with E-state index in [4.69, 9.17) is 34.7 Å². The van der Waals surface area contributed by atoms with Gasteiger partial charge < -0.3 is 11.1 Å². The molecule has 14 heavy (non-hydrogen) atoms. The SMILES string of the molecule is N=C(NCl)NCCC[C@@H](NCl)C(N)=O. The molecule has 0 saturated carbocycles. The van der Waals surface area contributed by atoms with Crippen LogP contribution in [0.2, 0.25) is 0 Å². The molecule has 1 atom stereocenters. The summed E-state index contributed by atoms with van der Waals surface area (Å²) in [5.41, 5.74) is 5.03. The summed E-state index contributed by atoms with van der Waals surface area (Å²) in [6, 6.07) is -0.545. The molecule has 0 aromatic heterocycles. The van der Waals surface area contributed by atoms with Crippen LogP contribution in [-0.4, -0.2) is 24.5 Å². The highest BCUT2D eigenvalue weighted by atomic mass is 35.5. The highest BCUT2D eigenvalue weighted by molar-refractivity contribution is 6.21. The summed E-state index contributed by atoms with van der Waals surface area (Å²) >= 11 is 10.4. The molecule has 0 bridgehead atoms. The van der Waals surface area contributed by atoms with Gasteiger partial charge in [0.05, 0.1) is 0 Å². The van der Waals surface area contributed by atoms with Crippen LogP contribution in [0.5, 0.6) is 0 Å². The van der Waals surface area contributed by atoms with Crippen molar-refractivity contribution >= 4 is 35.4 Å². The lowest BCUT2D eigenvalue weighted by Crippen LogP contribution is -2.38. The average Bonchev–Trinajstić information content (AvgIpc) is 2.16. The van der Waals surface area contributed by atoms with Crippen molar-refractivity contribution in [2.45, 2.75) is 18.9 Å². The first-order valence-corrected chi connectivity index (χ1v) is 4.72. The van der Waals surface area contributed by atoms with E-state index in [1.807, 2.05) is 0 Å². The predicted molar refractivity (Wildman–Crippen MR) is 55.9 cm³/mol. The van der Waals surface area contributed by atoms with E-state index in [2.05, 4.69) is 15.0 Å². The van der Waals surface area contributed by atoms with Crippen molar-refractivity contribution in [3.8, 4) is 0 Å². The third-order valence-electron chi connectivity index (χ3n) is 1.54. The Morgan fingerprint density at radius 1 is 1.50 bits per heavy atom. The molecule has 0 aromatic carbocycles. The molecule has 6 nitrogen and oxygen atoms in total. The molecule has 0 fully saturated rings. The molecule has 0 rings (SSSR count). The van der Waals surface area contributed by atoms with Gasteiger partial charge in [0.15, 0.2) is 0 Å². The highest BCUT2D eigenvalue weighted by Crippen LogP contribution is 1.96. The number of rotatable bonds is 6. The van der Waals surface area contributed by atoms with Gasteiger partial charge in [-0.1, -0.05) is 0 Å². The highest BCUT2D eigenvalue weighted by Gasteiger charge is 2.12. The standard InChI is InChI=1S/C6H13Cl2N5O/c7-12-4(5(9)14)2-1-3-11-6(10)13-8/h4,12H,1-3H2,(H2,9,14)(H3,10,11,13)/t4-/m1/s1. The molecular formula is C6H13Cl2N5O. The van der Waals surface area contributed by atoms with Crippen LogP contribution in [0, 0.1) is 5.41 Å². The fraction of sp³-hybridized carbons (Fsp3) is 0.667. The number of guanidine groups is 1. The first-order valence-electron chi connectivity index (χ1n) is 3.96. The Bertz CT molecular complexity index is 201. The Kier molecular flexibility index (Phi) is 7.27. The van der Waals surface area contributed by atoms with Gasteiger partial charge >= 0.3 is 0 Å². The van der Waals surface area contributed by atoms with Crippen LogP contribution in [0.1, 0.15) is 12.8 Å². The summed E-state index contributed by atoms with van der Waals surface area (Å²) in [5.74, 6) is -0.480. The third-order valence-corrected chi connectivity index (χ3v) is 1.99. The minimum Gasteiger partial charge on any atom is -0.368 e. The molecule has 1 amide bonds. The Hall–Kier alpha value is -0.720. The number of carbonyl (C=O) groups excluding carboxylic acids is 1. The topological polar surface area (TPSA) is 103 Å². The van der Waals surface area contributed by atoms with Gasteiger partial charge in [0.1, 0.15) is 6.04 Å². The summed E-state index contributed by atoms with van der Waals surface area (Å²) < 4.78 is 0. The molecular weight excluding hydrogens is 229 g/mol. The molecule has 0 unspecified atom stereocenters. The van der Waals surface area contributed by atoms with Crippen LogP contribution in [0.3, 0.4) is 0 Å². The van der Waals surface area contributed by atoms with Gasteiger partial charge in [-0.3, -0.25) is 15.0 Å². The van der Waals surface area contributed by atoms with Gasteiger partial charge in [0.2, 0.25) is 11.9 Å². The summed E-state index contributed by atoms with van der Waals surface area (Å²) in [6.07, 6.45) is 1.15. The number of hydrogen-bond acceptors (Lipinski definition) is 3. The molecule has 0 radical (unpaired) electrons. The monoisotopic (exact) mass is 241 g/mol. The third kappa shape index (κ3) is 5.85. The van der Waals surface area contributed by atoms with Crippen molar-refractivity contribution in [2.75, 3.05) is 6.54 Å². The van der Waals surface area contributed by atoms with E-state index >= 15 is 0 Å². The van der Waals surface area contributed by atoms with Crippen LogP contribution in [0.4, 0.5) is 0 Å². The van der Waals surface area contributed by atoms with Gasteiger partial charge in [-0.15, -0.1) is 0 Å². The van der Waals surface area contributed by atoms with Crippen LogP contribution in [0.25, 0.3) is 0 Å². The number of nitrogens with one attached hydrogen (secondary N) is 4. The normalized spacial score (nSPS) is 11.9. The minimum atomic E-state index is -0.545. The van der Waals surface area contributed by atoms with Crippen molar-refractivity contribution in [3.05, 3.63) is 0 Å². The predicted octanol–water partition coefficient (Wildman–Crippen LogP) is -0.368. The number of amides is 1. The number of nitrogens with two attached hydrogens (primary N) is 1. The average molecular weight is 242 g/mol. The lowest BCUT2D eigenvalue weighted by atomic mass is 10.1. The van der Waals surface area contributed by atoms with E-state index in [9.17, 15) is 4.79 Å². The van der Waals surface area contributed by atoms with E-state index in [1.165, 1.54) is 0 Å². The smallest absolute Gasteiger partial charge is 0.235 e. The van der Waals surface area contributed by atoms with Gasteiger partial charge in [0.25, 0.3) is 0 Å². The van der Waals surface area contributed by atoms with Crippen molar-refractivity contribution in [2.24, 2.45) is 5.73 Å². The molecule has 0 aliphatic carbocycles. The summed E-state index contributed by atoms with van der Waals surface area (Å²) in [6.45, 7) is 0.515. The summed E-state index contributed by atoms with van der Waals surface area (Å²) in [7, 11) is 0. The lowest BCUT2D eigenvalue weighted by molar-refractivity contribution is -0.119. The van der Waals surface area contributed by atoms with Crippen LogP contribution in [0.15, 0.2) is 0 Å². The van der Waals surface area contributed by atoms with Crippen LogP contribution >= 0.6 is 23.6 Å². The maximum Gasteiger partial charge on any atom is 0.235 e. The van der Waals surface area contributed by atoms with Crippen LogP contribution in [-0.2, 0) is 4.79 Å². The fourth-order valence-electron chi connectivity index (χ4n) is 0.804. The van der Waals surface area contributed by atoms with Crippen molar-refractivity contribution in [1.29, 1.82) is 5.41 Å². The quantitative estimate of drug-likeness (QED) is 0.190. The zero-order valence-corrected chi connectivity index (χ0v) is 8.95. The van der Waals surface area contributed by atoms with Crippen molar-refractivity contribution < 1.29 is 4.79 Å². The molecule has 0 aliphatic heterocycles. The number of primary amides is 1. The number of hydrogen-bond donors (Lipinski definition) is 5. The molecule has 0 spiro atoms. The van der Waals surface area contributed by atoms with E-state index in [0.717, 1.165) is 0 Å². The van der Waals surface area contributed by atoms with Crippen LogP contribution < -0.4 is 20.7 Å². The van der Waals surface area contributed by atoms with E-state index in [-0.39, 0.29) is 5.96 Å². The Labute approximate surface area is 92.2 Å². The van der Waals surface area contributed by atoms with Gasteiger partial charge in [0, 0.05) is 18.3 Å². The second-order valence-corrected chi connectivity index (χ2v) is 3.01. The largest absolute Gasteiger partial charge is 0.368 e. The molecule has 8 heteroatoms. The first kappa shape index (κ1) is 13.3. The molecule has 82 valence electrons. The Balaban J connectivity index is 3.52. The minimum absolute atomic E-state index is 0.0149. The first-order chi connectivity index (χ1) is 6.61. The maximum absolute atomic E-state index is 10.7. The summed E-state index contributed by atoms with van der Waals surface area (Å²) in [4.78, 5) is 15.1. The fourth-order valence-corrected chi connectivity index (χ4v) is 1.09. The zero-order valence-electron chi connectivity index (χ0n) is 7.44. The second-order valence-electron chi connectivity index (χ2n) is 2.60. The molecule has 6 N–H and O–H groups in total. The van der Waals surface area contributed by atoms with Gasteiger partial charge in [-0.2, -0.15) is 0 Å². The second kappa shape index (κ2) is 7.66. The summed E-state index contributed by atoms with van der Waals surface area (Å²) in [5, 5.41) is 9.73. The molecule has 0 aromatic rings. The zero-order chi connectivity index (χ0) is 11.0. The maximum atomic E-state index is 10.7. The Morgan fingerprint density at radius 3 is 2.57 bits per heavy atom. The lowest BCUT2D eigenvalue weighted by Gasteiger charge is -2.10. The number of carbonyl (C=O) groups is 1. The Morgan fingerprint density at radius 2 is 2.14 bits per heavy atom. The van der Waals surface area contributed by atoms with Gasteiger partial charge in [-0.25, -0.2) is 4.84 Å². The van der Waals surface area contributed by atoms with E-state index < -0.39 is 11.9 Å². The van der Waals surface area contributed by atoms with Crippen molar-refractivity contribution in [3.63, 3.8) is 0 Å². The van der Waals surface area contributed by atoms with Crippen molar-refractivity contribution in [1.82, 2.24) is 15.0 Å². The number of halogens is 2. The van der Waals surface area contributed by atoms with E-state index in [0.29, 0.717) is 19.4 Å². The van der Waals surface area contributed by atoms with Gasteiger partial charge in [-0.05, 0) is 24.6 Å². The molecule has 0 aliphatic rings. The molecule has 0 heterocycles.